The van der Waals surface area contributed by atoms with Crippen LogP contribution in [0.25, 0.3) is 0 Å². The van der Waals surface area contributed by atoms with Crippen molar-refractivity contribution in [3.63, 3.8) is 0 Å². The summed E-state index contributed by atoms with van der Waals surface area (Å²) in [6.45, 7) is 5.26. The first-order valence-electron chi connectivity index (χ1n) is 5.49. The molecule has 4 heteroatoms. The highest BCUT2D eigenvalue weighted by atomic mass is 32.2. The number of nitrogens with two attached hydrogens (primary N) is 1. The number of carbonyl (C=O) groups is 1. The lowest BCUT2D eigenvalue weighted by atomic mass is 10.1. The predicted molar refractivity (Wildman–Crippen MR) is 65.9 cm³/mol. The smallest absolute Gasteiger partial charge is 0.236 e. The summed E-state index contributed by atoms with van der Waals surface area (Å²) in [7, 11) is 0. The van der Waals surface area contributed by atoms with Crippen molar-refractivity contribution in [3.05, 3.63) is 0 Å². The Morgan fingerprint density at radius 3 is 2.73 bits per heavy atom. The second kappa shape index (κ2) is 5.21. The fourth-order valence-corrected chi connectivity index (χ4v) is 2.15. The Bertz CT molecular complexity index is 231. The Morgan fingerprint density at radius 2 is 2.27 bits per heavy atom. The van der Waals surface area contributed by atoms with Crippen LogP contribution in [0.2, 0.25) is 0 Å². The van der Waals surface area contributed by atoms with E-state index >= 15 is 0 Å². The molecule has 0 bridgehead atoms. The van der Waals surface area contributed by atoms with Crippen molar-refractivity contribution in [2.75, 3.05) is 18.6 Å². The van der Waals surface area contributed by atoms with Crippen LogP contribution in [0, 0.1) is 11.3 Å². The van der Waals surface area contributed by atoms with E-state index < -0.39 is 0 Å². The molecule has 1 aliphatic carbocycles. The van der Waals surface area contributed by atoms with Gasteiger partial charge in [0, 0.05) is 6.54 Å². The Morgan fingerprint density at radius 1 is 1.67 bits per heavy atom. The highest BCUT2D eigenvalue weighted by Gasteiger charge is 2.45. The van der Waals surface area contributed by atoms with E-state index in [4.69, 9.17) is 5.73 Å². The zero-order valence-corrected chi connectivity index (χ0v) is 10.7. The van der Waals surface area contributed by atoms with E-state index in [0.717, 1.165) is 18.7 Å². The number of carbonyl (C=O) groups excluding carboxylic acids is 1. The van der Waals surface area contributed by atoms with Crippen molar-refractivity contribution in [2.45, 2.75) is 32.7 Å². The summed E-state index contributed by atoms with van der Waals surface area (Å²) in [6.07, 6.45) is 4.01. The minimum absolute atomic E-state index is 0.00625. The lowest BCUT2D eigenvalue weighted by molar-refractivity contribution is -0.122. The third kappa shape index (κ3) is 4.03. The summed E-state index contributed by atoms with van der Waals surface area (Å²) < 4.78 is 0. The average molecular weight is 230 g/mol. The molecule has 1 amide bonds. The number of amides is 1. The van der Waals surface area contributed by atoms with Gasteiger partial charge < -0.3 is 11.1 Å². The maximum Gasteiger partial charge on any atom is 0.236 e. The summed E-state index contributed by atoms with van der Waals surface area (Å²) in [5.41, 5.74) is 6.18. The molecule has 0 saturated heterocycles. The molecule has 1 aliphatic rings. The quantitative estimate of drug-likeness (QED) is 0.721. The Balaban J connectivity index is 2.13. The number of rotatable bonds is 6. The van der Waals surface area contributed by atoms with Gasteiger partial charge in [0.2, 0.25) is 5.91 Å². The lowest BCUT2D eigenvalue weighted by Gasteiger charge is -2.12. The van der Waals surface area contributed by atoms with Gasteiger partial charge in [-0.2, -0.15) is 11.8 Å². The zero-order valence-electron chi connectivity index (χ0n) is 9.88. The number of hydrogen-bond donors (Lipinski definition) is 2. The van der Waals surface area contributed by atoms with Crippen molar-refractivity contribution >= 4 is 17.7 Å². The van der Waals surface area contributed by atoms with Crippen molar-refractivity contribution < 1.29 is 4.79 Å². The number of thioether (sulfide) groups is 1. The molecule has 1 saturated carbocycles. The molecule has 1 rings (SSSR count). The molecule has 0 spiro atoms. The first-order chi connectivity index (χ1) is 6.97. The zero-order chi connectivity index (χ0) is 11.5. The lowest BCUT2D eigenvalue weighted by Crippen LogP contribution is -2.41. The van der Waals surface area contributed by atoms with Gasteiger partial charge in [0.15, 0.2) is 0 Å². The van der Waals surface area contributed by atoms with E-state index in [-0.39, 0.29) is 11.9 Å². The van der Waals surface area contributed by atoms with Crippen LogP contribution >= 0.6 is 11.8 Å². The largest absolute Gasteiger partial charge is 0.354 e. The van der Waals surface area contributed by atoms with Gasteiger partial charge in [-0.3, -0.25) is 4.79 Å². The summed E-state index contributed by atoms with van der Waals surface area (Å²) in [6, 6.07) is -0.334. The minimum Gasteiger partial charge on any atom is -0.354 e. The number of nitrogens with one attached hydrogen (secondary N) is 1. The third-order valence-electron chi connectivity index (χ3n) is 3.21. The topological polar surface area (TPSA) is 55.1 Å². The van der Waals surface area contributed by atoms with Crippen molar-refractivity contribution in [3.8, 4) is 0 Å². The van der Waals surface area contributed by atoms with Crippen LogP contribution in [0.5, 0.6) is 0 Å². The molecular weight excluding hydrogens is 208 g/mol. The maximum absolute atomic E-state index is 11.5. The molecule has 0 aromatic rings. The molecule has 2 atom stereocenters. The molecule has 3 N–H and O–H groups in total. The molecule has 1 unspecified atom stereocenters. The van der Waals surface area contributed by atoms with Gasteiger partial charge >= 0.3 is 0 Å². The van der Waals surface area contributed by atoms with Crippen molar-refractivity contribution in [2.24, 2.45) is 17.1 Å². The van der Waals surface area contributed by atoms with Gasteiger partial charge in [0.1, 0.15) is 0 Å². The van der Waals surface area contributed by atoms with Crippen molar-refractivity contribution in [1.29, 1.82) is 0 Å². The summed E-state index contributed by atoms with van der Waals surface area (Å²) >= 11 is 1.72. The van der Waals surface area contributed by atoms with Crippen LogP contribution in [-0.4, -0.2) is 30.5 Å². The van der Waals surface area contributed by atoms with Crippen molar-refractivity contribution in [1.82, 2.24) is 5.32 Å². The highest BCUT2D eigenvalue weighted by molar-refractivity contribution is 7.98. The van der Waals surface area contributed by atoms with Crippen LogP contribution < -0.4 is 11.1 Å². The van der Waals surface area contributed by atoms with Gasteiger partial charge in [-0.1, -0.05) is 13.8 Å². The Labute approximate surface area is 96.6 Å². The summed E-state index contributed by atoms with van der Waals surface area (Å²) in [5.74, 6) is 1.60. The summed E-state index contributed by atoms with van der Waals surface area (Å²) in [4.78, 5) is 11.5. The Kier molecular flexibility index (Phi) is 4.46. The molecule has 0 aromatic heterocycles. The van der Waals surface area contributed by atoms with E-state index in [1.165, 1.54) is 6.42 Å². The average Bonchev–Trinajstić information content (AvgIpc) is 2.79. The molecule has 3 nitrogen and oxygen atoms in total. The summed E-state index contributed by atoms with van der Waals surface area (Å²) in [5, 5.41) is 2.94. The van der Waals surface area contributed by atoms with E-state index in [0.29, 0.717) is 11.3 Å². The van der Waals surface area contributed by atoms with Gasteiger partial charge in [-0.05, 0) is 36.2 Å². The van der Waals surface area contributed by atoms with E-state index in [1.807, 2.05) is 6.26 Å². The third-order valence-corrected chi connectivity index (χ3v) is 3.85. The van der Waals surface area contributed by atoms with Crippen LogP contribution in [-0.2, 0) is 4.79 Å². The predicted octanol–water partition coefficient (Wildman–Crippen LogP) is 1.23. The van der Waals surface area contributed by atoms with Crippen LogP contribution in [0.15, 0.2) is 0 Å². The molecule has 1 fully saturated rings. The van der Waals surface area contributed by atoms with E-state index in [2.05, 4.69) is 19.2 Å². The van der Waals surface area contributed by atoms with Gasteiger partial charge in [0.25, 0.3) is 0 Å². The van der Waals surface area contributed by atoms with Crippen LogP contribution in [0.1, 0.15) is 26.7 Å². The van der Waals surface area contributed by atoms with E-state index in [1.54, 1.807) is 11.8 Å². The first-order valence-corrected chi connectivity index (χ1v) is 6.89. The molecule has 15 heavy (non-hydrogen) atoms. The molecule has 0 aliphatic heterocycles. The molecule has 0 radical (unpaired) electrons. The van der Waals surface area contributed by atoms with Crippen LogP contribution in [0.3, 0.4) is 0 Å². The second-order valence-electron chi connectivity index (χ2n) is 5.02. The minimum atomic E-state index is -0.334. The molecule has 88 valence electrons. The standard InChI is InChI=1S/C11H22N2OS/c1-11(2)6-8(11)7-13-10(14)9(12)4-5-15-3/h8-9H,4-7,12H2,1-3H3,(H,13,14)/t8?,9-/m1/s1. The second-order valence-corrected chi connectivity index (χ2v) is 6.01. The molecular formula is C11H22N2OS. The van der Waals surface area contributed by atoms with Gasteiger partial charge in [0.05, 0.1) is 6.04 Å². The fourth-order valence-electron chi connectivity index (χ4n) is 1.66. The molecule has 0 aromatic carbocycles. The Hall–Kier alpha value is -0.220. The fraction of sp³-hybridized carbons (Fsp3) is 0.909. The monoisotopic (exact) mass is 230 g/mol. The first kappa shape index (κ1) is 12.8. The molecule has 0 heterocycles. The van der Waals surface area contributed by atoms with Crippen LogP contribution in [0.4, 0.5) is 0 Å². The highest BCUT2D eigenvalue weighted by Crippen LogP contribution is 2.50. The SMILES string of the molecule is CSCC[C@@H](N)C(=O)NCC1CC1(C)C. The van der Waals surface area contributed by atoms with E-state index in [9.17, 15) is 4.79 Å². The normalized spacial score (nSPS) is 24.7. The maximum atomic E-state index is 11.5. The van der Waals surface area contributed by atoms with Gasteiger partial charge in [-0.15, -0.1) is 0 Å². The number of hydrogen-bond acceptors (Lipinski definition) is 3. The van der Waals surface area contributed by atoms with Gasteiger partial charge in [-0.25, -0.2) is 0 Å².